The standard InChI is InChI=1S/C18H24N4OS2/c1-6-7-16(19)25-17(11(2)3)14-10-24-18(21-14)20-13-9-22(5)12(4)8-15(13)23/h7-10H,6,19H2,1-5H3,(H,20,21)/b16-7+. The molecule has 0 atom stereocenters. The van der Waals surface area contributed by atoms with Crippen molar-refractivity contribution in [3.8, 4) is 0 Å². The van der Waals surface area contributed by atoms with E-state index >= 15 is 0 Å². The third-order valence-corrected chi connectivity index (χ3v) is 5.52. The number of allylic oxidation sites excluding steroid dienone is 2. The number of aryl methyl sites for hydroxylation is 2. The van der Waals surface area contributed by atoms with E-state index < -0.39 is 0 Å². The summed E-state index contributed by atoms with van der Waals surface area (Å²) in [5.41, 5.74) is 9.46. The Hall–Kier alpha value is -1.99. The molecule has 0 aromatic carbocycles. The van der Waals surface area contributed by atoms with Crippen LogP contribution in [0.2, 0.25) is 0 Å². The van der Waals surface area contributed by atoms with Crippen LogP contribution >= 0.6 is 23.1 Å². The van der Waals surface area contributed by atoms with Gasteiger partial charge in [0.2, 0.25) is 5.43 Å². The molecule has 2 rings (SSSR count). The van der Waals surface area contributed by atoms with Crippen LogP contribution in [0.25, 0.3) is 4.91 Å². The molecule has 134 valence electrons. The topological polar surface area (TPSA) is 72.9 Å². The molecule has 0 saturated heterocycles. The van der Waals surface area contributed by atoms with Gasteiger partial charge in [0, 0.05) is 35.3 Å². The lowest BCUT2D eigenvalue weighted by molar-refractivity contribution is 0.855. The number of hydrogen-bond donors (Lipinski definition) is 2. The summed E-state index contributed by atoms with van der Waals surface area (Å²) < 4.78 is 1.91. The number of nitrogens with two attached hydrogens (primary N) is 1. The van der Waals surface area contributed by atoms with Crippen LogP contribution in [-0.4, -0.2) is 9.55 Å². The predicted molar refractivity (Wildman–Crippen MR) is 110 cm³/mol. The first kappa shape index (κ1) is 19.3. The van der Waals surface area contributed by atoms with E-state index in [2.05, 4.69) is 17.2 Å². The quantitative estimate of drug-likeness (QED) is 0.771. The molecule has 0 bridgehead atoms. The highest BCUT2D eigenvalue weighted by molar-refractivity contribution is 8.11. The number of anilines is 2. The summed E-state index contributed by atoms with van der Waals surface area (Å²) in [6.45, 7) is 8.05. The highest BCUT2D eigenvalue weighted by Gasteiger charge is 2.12. The lowest BCUT2D eigenvalue weighted by Crippen LogP contribution is -2.12. The molecule has 5 nitrogen and oxygen atoms in total. The van der Waals surface area contributed by atoms with Gasteiger partial charge in [0.15, 0.2) is 5.13 Å². The molecular formula is C18H24N4OS2. The van der Waals surface area contributed by atoms with Crippen molar-refractivity contribution in [1.82, 2.24) is 9.55 Å². The average Bonchev–Trinajstić information content (AvgIpc) is 2.98. The fourth-order valence-electron chi connectivity index (χ4n) is 2.14. The second kappa shape index (κ2) is 8.40. The Kier molecular flexibility index (Phi) is 6.50. The van der Waals surface area contributed by atoms with Crippen LogP contribution in [0.5, 0.6) is 0 Å². The number of thioether (sulfide) groups is 1. The van der Waals surface area contributed by atoms with Crippen LogP contribution in [0.3, 0.4) is 0 Å². The number of nitrogens with one attached hydrogen (secondary N) is 1. The van der Waals surface area contributed by atoms with Gasteiger partial charge in [0.1, 0.15) is 5.69 Å². The monoisotopic (exact) mass is 376 g/mol. The third kappa shape index (κ3) is 4.99. The second-order valence-corrected chi connectivity index (χ2v) is 7.85. The molecule has 0 unspecified atom stereocenters. The van der Waals surface area contributed by atoms with Gasteiger partial charge < -0.3 is 15.6 Å². The molecule has 0 saturated carbocycles. The van der Waals surface area contributed by atoms with E-state index in [0.29, 0.717) is 10.8 Å². The molecule has 2 aromatic rings. The molecular weight excluding hydrogens is 352 g/mol. The summed E-state index contributed by atoms with van der Waals surface area (Å²) in [7, 11) is 1.91. The summed E-state index contributed by atoms with van der Waals surface area (Å²) >= 11 is 3.00. The van der Waals surface area contributed by atoms with Crippen molar-refractivity contribution in [1.29, 1.82) is 0 Å². The molecule has 0 aliphatic carbocycles. The molecule has 25 heavy (non-hydrogen) atoms. The van der Waals surface area contributed by atoms with E-state index in [1.165, 1.54) is 23.1 Å². The maximum absolute atomic E-state index is 12.1. The summed E-state index contributed by atoms with van der Waals surface area (Å²) in [5.74, 6) is 0. The first-order valence-corrected chi connectivity index (χ1v) is 9.72. The van der Waals surface area contributed by atoms with Crippen molar-refractivity contribution in [3.63, 3.8) is 0 Å². The van der Waals surface area contributed by atoms with Gasteiger partial charge in [-0.25, -0.2) is 4.98 Å². The second-order valence-electron chi connectivity index (χ2n) is 5.91. The Morgan fingerprint density at radius 2 is 2.20 bits per heavy atom. The Morgan fingerprint density at radius 3 is 2.84 bits per heavy atom. The van der Waals surface area contributed by atoms with Gasteiger partial charge in [-0.1, -0.05) is 30.3 Å². The van der Waals surface area contributed by atoms with Gasteiger partial charge in [-0.05, 0) is 27.2 Å². The fourth-order valence-corrected chi connectivity index (χ4v) is 3.83. The summed E-state index contributed by atoms with van der Waals surface area (Å²) in [5, 5.41) is 6.57. The largest absolute Gasteiger partial charge is 0.394 e. The van der Waals surface area contributed by atoms with E-state index in [1.807, 2.05) is 43.8 Å². The first-order chi connectivity index (χ1) is 11.8. The minimum absolute atomic E-state index is 0.0423. The van der Waals surface area contributed by atoms with Gasteiger partial charge in [-0.2, -0.15) is 0 Å². The number of rotatable bonds is 6. The molecule has 2 aromatic heterocycles. The Morgan fingerprint density at radius 1 is 1.48 bits per heavy atom. The van der Waals surface area contributed by atoms with Gasteiger partial charge in [0.05, 0.1) is 10.7 Å². The SMILES string of the molecule is CC/C=C(\N)SC(=C(C)C)c1csc(Nc2cn(C)c(C)cc2=O)n1. The fraction of sp³-hybridized carbons (Fsp3) is 0.333. The van der Waals surface area contributed by atoms with Crippen molar-refractivity contribution in [2.75, 3.05) is 5.32 Å². The number of nitrogens with zero attached hydrogens (tertiary/aromatic N) is 2. The zero-order valence-electron chi connectivity index (χ0n) is 15.2. The van der Waals surface area contributed by atoms with E-state index in [4.69, 9.17) is 5.73 Å². The number of pyridine rings is 1. The van der Waals surface area contributed by atoms with E-state index in [9.17, 15) is 4.79 Å². The molecule has 0 amide bonds. The van der Waals surface area contributed by atoms with Gasteiger partial charge >= 0.3 is 0 Å². The predicted octanol–water partition coefficient (Wildman–Crippen LogP) is 4.59. The van der Waals surface area contributed by atoms with Gasteiger partial charge in [0.25, 0.3) is 0 Å². The van der Waals surface area contributed by atoms with Crippen LogP contribution in [0.15, 0.2) is 39.1 Å². The van der Waals surface area contributed by atoms with Crippen LogP contribution in [0.1, 0.15) is 38.6 Å². The molecule has 0 aliphatic heterocycles. The molecule has 0 fully saturated rings. The summed E-state index contributed by atoms with van der Waals surface area (Å²) in [6.07, 6.45) is 4.68. The van der Waals surface area contributed by atoms with Crippen LogP contribution in [0, 0.1) is 6.92 Å². The van der Waals surface area contributed by atoms with Crippen molar-refractivity contribution in [3.05, 3.63) is 55.9 Å². The van der Waals surface area contributed by atoms with E-state index in [-0.39, 0.29) is 5.43 Å². The zero-order valence-corrected chi connectivity index (χ0v) is 16.8. The average molecular weight is 377 g/mol. The maximum Gasteiger partial charge on any atom is 0.205 e. The Labute approximate surface area is 156 Å². The Balaban J connectivity index is 2.27. The lowest BCUT2D eigenvalue weighted by Gasteiger charge is -2.08. The highest BCUT2D eigenvalue weighted by Crippen LogP contribution is 2.36. The van der Waals surface area contributed by atoms with Crippen molar-refractivity contribution in [2.45, 2.75) is 34.1 Å². The van der Waals surface area contributed by atoms with Crippen molar-refractivity contribution in [2.24, 2.45) is 12.8 Å². The van der Waals surface area contributed by atoms with Crippen molar-refractivity contribution >= 4 is 38.8 Å². The van der Waals surface area contributed by atoms with Crippen LogP contribution < -0.4 is 16.5 Å². The smallest absolute Gasteiger partial charge is 0.205 e. The van der Waals surface area contributed by atoms with E-state index in [1.54, 1.807) is 12.3 Å². The van der Waals surface area contributed by atoms with Crippen molar-refractivity contribution < 1.29 is 0 Å². The Bertz CT molecular complexity index is 873. The number of thiazole rings is 1. The third-order valence-electron chi connectivity index (χ3n) is 3.54. The molecule has 2 heterocycles. The number of hydrogen-bond acceptors (Lipinski definition) is 6. The first-order valence-electron chi connectivity index (χ1n) is 8.03. The van der Waals surface area contributed by atoms with E-state index in [0.717, 1.165) is 33.3 Å². The van der Waals surface area contributed by atoms with Crippen LogP contribution in [0.4, 0.5) is 10.8 Å². The molecule has 0 radical (unpaired) electrons. The minimum atomic E-state index is -0.0423. The molecule has 0 aliphatic rings. The molecule has 3 N–H and O–H groups in total. The van der Waals surface area contributed by atoms with Crippen LogP contribution in [-0.2, 0) is 7.05 Å². The lowest BCUT2D eigenvalue weighted by atomic mass is 10.3. The normalized spacial score (nSPS) is 11.5. The molecule has 7 heteroatoms. The number of aromatic nitrogens is 2. The minimum Gasteiger partial charge on any atom is -0.394 e. The summed E-state index contributed by atoms with van der Waals surface area (Å²) in [6, 6.07) is 1.62. The zero-order chi connectivity index (χ0) is 18.6. The molecule has 0 spiro atoms. The highest BCUT2D eigenvalue weighted by atomic mass is 32.2. The van der Waals surface area contributed by atoms with Gasteiger partial charge in [-0.15, -0.1) is 11.3 Å². The van der Waals surface area contributed by atoms with Gasteiger partial charge in [-0.3, -0.25) is 4.79 Å². The summed E-state index contributed by atoms with van der Waals surface area (Å²) in [4.78, 5) is 17.8. The maximum atomic E-state index is 12.1.